The summed E-state index contributed by atoms with van der Waals surface area (Å²) in [6.45, 7) is 3.43. The number of carbonyl (C=O) groups is 1. The summed E-state index contributed by atoms with van der Waals surface area (Å²) in [5.74, 6) is 0.469. The van der Waals surface area contributed by atoms with Crippen LogP contribution in [0.15, 0.2) is 42.6 Å². The predicted molar refractivity (Wildman–Crippen MR) is 94.7 cm³/mol. The molecule has 0 saturated carbocycles. The molecule has 128 valence electrons. The van der Waals surface area contributed by atoms with Crippen molar-refractivity contribution < 1.29 is 9.18 Å². The van der Waals surface area contributed by atoms with Crippen LogP contribution in [0.1, 0.15) is 35.7 Å². The standard InChI is InChI=1S/C19H24FN3O/c1-3-4-13-23(2)19(24)16-9-10-18(22-14-16)21-12-11-15-7-5-6-8-17(15)20/h5-10,14H,3-4,11-13H2,1-2H3,(H,21,22). The highest BCUT2D eigenvalue weighted by molar-refractivity contribution is 5.93. The molecule has 1 aromatic carbocycles. The maximum atomic E-state index is 13.5. The molecule has 1 heterocycles. The Morgan fingerprint density at radius 1 is 1.25 bits per heavy atom. The van der Waals surface area contributed by atoms with Gasteiger partial charge in [-0.2, -0.15) is 0 Å². The van der Waals surface area contributed by atoms with Gasteiger partial charge in [0.1, 0.15) is 11.6 Å². The molecule has 24 heavy (non-hydrogen) atoms. The summed E-state index contributed by atoms with van der Waals surface area (Å²) in [6.07, 6.45) is 4.21. The molecule has 0 bridgehead atoms. The van der Waals surface area contributed by atoms with Crippen molar-refractivity contribution in [2.45, 2.75) is 26.2 Å². The third kappa shape index (κ3) is 5.05. The molecule has 0 aliphatic rings. The molecule has 0 spiro atoms. The lowest BCUT2D eigenvalue weighted by Crippen LogP contribution is -2.27. The summed E-state index contributed by atoms with van der Waals surface area (Å²) in [5, 5.41) is 3.15. The monoisotopic (exact) mass is 329 g/mol. The first kappa shape index (κ1) is 17.9. The SMILES string of the molecule is CCCCN(C)C(=O)c1ccc(NCCc2ccccc2F)nc1. The first-order chi connectivity index (χ1) is 11.6. The molecule has 0 aliphatic heterocycles. The van der Waals surface area contributed by atoms with Crippen LogP contribution in [0.5, 0.6) is 0 Å². The summed E-state index contributed by atoms with van der Waals surface area (Å²) >= 11 is 0. The summed E-state index contributed by atoms with van der Waals surface area (Å²) in [6, 6.07) is 10.3. The van der Waals surface area contributed by atoms with E-state index in [1.807, 2.05) is 6.07 Å². The Bertz CT molecular complexity index is 658. The van der Waals surface area contributed by atoms with Crippen molar-refractivity contribution in [3.05, 3.63) is 59.5 Å². The molecule has 0 unspecified atom stereocenters. The smallest absolute Gasteiger partial charge is 0.255 e. The number of amides is 1. The van der Waals surface area contributed by atoms with Gasteiger partial charge in [-0.25, -0.2) is 9.37 Å². The van der Waals surface area contributed by atoms with Gasteiger partial charge in [0.05, 0.1) is 5.56 Å². The highest BCUT2D eigenvalue weighted by atomic mass is 19.1. The normalized spacial score (nSPS) is 10.5. The highest BCUT2D eigenvalue weighted by Gasteiger charge is 2.11. The lowest BCUT2D eigenvalue weighted by Gasteiger charge is -2.16. The Morgan fingerprint density at radius 3 is 2.71 bits per heavy atom. The lowest BCUT2D eigenvalue weighted by molar-refractivity contribution is 0.0793. The van der Waals surface area contributed by atoms with Crippen LogP contribution in [0.2, 0.25) is 0 Å². The Kier molecular flexibility index (Phi) is 6.73. The fourth-order valence-electron chi connectivity index (χ4n) is 2.37. The van der Waals surface area contributed by atoms with E-state index < -0.39 is 0 Å². The number of carbonyl (C=O) groups excluding carboxylic acids is 1. The van der Waals surface area contributed by atoms with Gasteiger partial charge in [-0.05, 0) is 36.6 Å². The van der Waals surface area contributed by atoms with Crippen molar-refractivity contribution in [1.82, 2.24) is 9.88 Å². The molecular formula is C19H24FN3O. The summed E-state index contributed by atoms with van der Waals surface area (Å²) in [5.41, 5.74) is 1.25. The lowest BCUT2D eigenvalue weighted by atomic mass is 10.1. The molecule has 2 rings (SSSR count). The van der Waals surface area contributed by atoms with Gasteiger partial charge in [-0.3, -0.25) is 4.79 Å². The summed E-state index contributed by atoms with van der Waals surface area (Å²) in [4.78, 5) is 18.2. The summed E-state index contributed by atoms with van der Waals surface area (Å²) in [7, 11) is 1.80. The molecule has 5 heteroatoms. The molecular weight excluding hydrogens is 305 g/mol. The molecule has 1 amide bonds. The van der Waals surface area contributed by atoms with Crippen molar-refractivity contribution in [2.24, 2.45) is 0 Å². The van der Waals surface area contributed by atoms with Gasteiger partial charge in [-0.15, -0.1) is 0 Å². The Balaban J connectivity index is 1.85. The largest absolute Gasteiger partial charge is 0.370 e. The van der Waals surface area contributed by atoms with E-state index in [1.165, 1.54) is 6.07 Å². The number of hydrogen-bond acceptors (Lipinski definition) is 3. The average Bonchev–Trinajstić information content (AvgIpc) is 2.61. The molecule has 0 aliphatic carbocycles. The number of benzene rings is 1. The molecule has 0 saturated heterocycles. The first-order valence-corrected chi connectivity index (χ1v) is 8.30. The van der Waals surface area contributed by atoms with E-state index in [4.69, 9.17) is 0 Å². The van der Waals surface area contributed by atoms with Gasteiger partial charge < -0.3 is 10.2 Å². The fourth-order valence-corrected chi connectivity index (χ4v) is 2.37. The van der Waals surface area contributed by atoms with Crippen molar-refractivity contribution in [1.29, 1.82) is 0 Å². The van der Waals surface area contributed by atoms with E-state index >= 15 is 0 Å². The molecule has 1 N–H and O–H groups in total. The van der Waals surface area contributed by atoms with E-state index in [-0.39, 0.29) is 11.7 Å². The Hall–Kier alpha value is -2.43. The number of nitrogens with one attached hydrogen (secondary N) is 1. The van der Waals surface area contributed by atoms with Crippen LogP contribution in [-0.2, 0) is 6.42 Å². The first-order valence-electron chi connectivity index (χ1n) is 8.30. The van der Waals surface area contributed by atoms with E-state index in [9.17, 15) is 9.18 Å². The van der Waals surface area contributed by atoms with E-state index in [0.717, 1.165) is 19.4 Å². The Morgan fingerprint density at radius 2 is 2.04 bits per heavy atom. The predicted octanol–water partition coefficient (Wildman–Crippen LogP) is 3.75. The number of nitrogens with zero attached hydrogens (tertiary/aromatic N) is 2. The molecule has 0 fully saturated rings. The van der Waals surface area contributed by atoms with Crippen molar-refractivity contribution >= 4 is 11.7 Å². The second-order valence-corrected chi connectivity index (χ2v) is 5.78. The van der Waals surface area contributed by atoms with Gasteiger partial charge in [0, 0.05) is 26.3 Å². The van der Waals surface area contributed by atoms with E-state index in [0.29, 0.717) is 29.9 Å². The second-order valence-electron chi connectivity index (χ2n) is 5.78. The topological polar surface area (TPSA) is 45.2 Å². The van der Waals surface area contributed by atoms with Gasteiger partial charge in [0.15, 0.2) is 0 Å². The zero-order valence-electron chi connectivity index (χ0n) is 14.3. The summed E-state index contributed by atoms with van der Waals surface area (Å²) < 4.78 is 13.5. The third-order valence-corrected chi connectivity index (χ3v) is 3.86. The molecule has 1 aromatic heterocycles. The fraction of sp³-hybridized carbons (Fsp3) is 0.368. The van der Waals surface area contributed by atoms with Crippen LogP contribution in [-0.4, -0.2) is 35.9 Å². The van der Waals surface area contributed by atoms with Crippen LogP contribution >= 0.6 is 0 Å². The number of unbranched alkanes of at least 4 members (excludes halogenated alkanes) is 1. The van der Waals surface area contributed by atoms with Gasteiger partial charge >= 0.3 is 0 Å². The van der Waals surface area contributed by atoms with Crippen molar-refractivity contribution in [2.75, 3.05) is 25.5 Å². The molecule has 0 atom stereocenters. The quantitative estimate of drug-likeness (QED) is 0.802. The van der Waals surface area contributed by atoms with Crippen LogP contribution < -0.4 is 5.32 Å². The van der Waals surface area contributed by atoms with Gasteiger partial charge in [0.25, 0.3) is 5.91 Å². The minimum absolute atomic E-state index is 0.0196. The van der Waals surface area contributed by atoms with Gasteiger partial charge in [0.2, 0.25) is 0 Å². The minimum atomic E-state index is -0.191. The molecule has 4 nitrogen and oxygen atoms in total. The minimum Gasteiger partial charge on any atom is -0.370 e. The number of halogens is 1. The van der Waals surface area contributed by atoms with Crippen molar-refractivity contribution in [3.8, 4) is 0 Å². The van der Waals surface area contributed by atoms with Crippen LogP contribution in [0.4, 0.5) is 10.2 Å². The van der Waals surface area contributed by atoms with Gasteiger partial charge in [-0.1, -0.05) is 31.5 Å². The number of rotatable bonds is 8. The number of pyridine rings is 1. The number of anilines is 1. The zero-order chi connectivity index (χ0) is 17.4. The van der Waals surface area contributed by atoms with E-state index in [1.54, 1.807) is 42.4 Å². The van der Waals surface area contributed by atoms with Crippen LogP contribution in [0.25, 0.3) is 0 Å². The number of hydrogen-bond donors (Lipinski definition) is 1. The average molecular weight is 329 g/mol. The maximum absolute atomic E-state index is 13.5. The highest BCUT2D eigenvalue weighted by Crippen LogP contribution is 2.10. The second kappa shape index (κ2) is 9.01. The molecule has 0 radical (unpaired) electrons. The maximum Gasteiger partial charge on any atom is 0.255 e. The number of aromatic nitrogens is 1. The Labute approximate surface area is 142 Å². The third-order valence-electron chi connectivity index (χ3n) is 3.86. The van der Waals surface area contributed by atoms with Crippen LogP contribution in [0.3, 0.4) is 0 Å². The zero-order valence-corrected chi connectivity index (χ0v) is 14.3. The van der Waals surface area contributed by atoms with Crippen molar-refractivity contribution in [3.63, 3.8) is 0 Å². The van der Waals surface area contributed by atoms with E-state index in [2.05, 4.69) is 17.2 Å². The van der Waals surface area contributed by atoms with Crippen LogP contribution in [0, 0.1) is 5.82 Å². The molecule has 2 aromatic rings.